The third-order valence-corrected chi connectivity index (χ3v) is 6.16. The summed E-state index contributed by atoms with van der Waals surface area (Å²) in [4.78, 5) is 29.1. The summed E-state index contributed by atoms with van der Waals surface area (Å²) in [6.07, 6.45) is 0. The van der Waals surface area contributed by atoms with E-state index >= 15 is 0 Å². The number of hydrogen-bond donors (Lipinski definition) is 2. The Morgan fingerprint density at radius 3 is 2.50 bits per heavy atom. The second-order valence-corrected chi connectivity index (χ2v) is 8.35. The van der Waals surface area contributed by atoms with Gasteiger partial charge in [0.15, 0.2) is 5.69 Å². The molecule has 0 fully saturated rings. The number of hydrogen-bond acceptors (Lipinski definition) is 6. The number of rotatable bonds is 6. The van der Waals surface area contributed by atoms with Crippen molar-refractivity contribution in [3.8, 4) is 21.7 Å². The predicted molar refractivity (Wildman–Crippen MR) is 133 cm³/mol. The molecule has 5 rings (SSSR count). The monoisotopic (exact) mass is 468 g/mol. The van der Waals surface area contributed by atoms with Crippen LogP contribution in [0.5, 0.6) is 0 Å². The smallest absolute Gasteiger partial charge is 0.359 e. The number of amides is 1. The average Bonchev–Trinajstić information content (AvgIpc) is 3.53. The number of H-pyrrole nitrogens is 1. The molecule has 0 unspecified atom stereocenters. The highest BCUT2D eigenvalue weighted by Crippen LogP contribution is 2.27. The number of carbonyl (C=O) groups excluding carboxylic acids is 2. The van der Waals surface area contributed by atoms with E-state index in [9.17, 15) is 9.59 Å². The minimum Gasteiger partial charge on any atom is -0.461 e. The summed E-state index contributed by atoms with van der Waals surface area (Å²) >= 11 is 1.44. The maximum atomic E-state index is 12.6. The molecule has 8 heteroatoms. The molecule has 0 radical (unpaired) electrons. The van der Waals surface area contributed by atoms with Crippen LogP contribution in [0.15, 0.2) is 78.2 Å². The van der Waals surface area contributed by atoms with Crippen LogP contribution in [0.1, 0.15) is 27.9 Å². The Morgan fingerprint density at radius 2 is 1.74 bits per heavy atom. The molecule has 0 aliphatic rings. The molecule has 7 nitrogen and oxygen atoms in total. The zero-order chi connectivity index (χ0) is 23.5. The van der Waals surface area contributed by atoms with Crippen molar-refractivity contribution in [2.75, 3.05) is 11.9 Å². The molecule has 3 aromatic carbocycles. The molecule has 0 bridgehead atoms. The fourth-order valence-corrected chi connectivity index (χ4v) is 4.39. The SMILES string of the molecule is CCOC(=O)c1n[nH]c2cc(-c3ccc(NC(=O)c4csc(-c5ccccc5)n4)cc3)ccc12. The first-order chi connectivity index (χ1) is 16.6. The van der Waals surface area contributed by atoms with E-state index in [2.05, 4.69) is 20.5 Å². The molecule has 34 heavy (non-hydrogen) atoms. The van der Waals surface area contributed by atoms with Gasteiger partial charge in [-0.15, -0.1) is 11.3 Å². The molecule has 0 atom stereocenters. The van der Waals surface area contributed by atoms with Gasteiger partial charge in [-0.2, -0.15) is 5.10 Å². The zero-order valence-corrected chi connectivity index (χ0v) is 19.1. The molecule has 0 aliphatic heterocycles. The van der Waals surface area contributed by atoms with Crippen LogP contribution in [0, 0.1) is 0 Å². The normalized spacial score (nSPS) is 10.9. The van der Waals surface area contributed by atoms with Gasteiger partial charge in [-0.3, -0.25) is 9.89 Å². The van der Waals surface area contributed by atoms with E-state index in [-0.39, 0.29) is 11.6 Å². The Labute approximate surface area is 199 Å². The number of thiazole rings is 1. The highest BCUT2D eigenvalue weighted by molar-refractivity contribution is 7.13. The number of aromatic amines is 1. The van der Waals surface area contributed by atoms with E-state index in [0.717, 1.165) is 27.2 Å². The number of fused-ring (bicyclic) bond motifs is 1. The first kappa shape index (κ1) is 21.5. The van der Waals surface area contributed by atoms with Gasteiger partial charge in [-0.25, -0.2) is 9.78 Å². The Bertz CT molecular complexity index is 1470. The maximum Gasteiger partial charge on any atom is 0.359 e. The molecule has 2 aromatic heterocycles. The number of nitrogens with one attached hydrogen (secondary N) is 2. The quantitative estimate of drug-likeness (QED) is 0.308. The van der Waals surface area contributed by atoms with E-state index in [0.29, 0.717) is 23.4 Å². The van der Waals surface area contributed by atoms with Gasteiger partial charge in [0.25, 0.3) is 5.91 Å². The second-order valence-electron chi connectivity index (χ2n) is 7.49. The van der Waals surface area contributed by atoms with Gasteiger partial charge in [0.1, 0.15) is 10.7 Å². The van der Waals surface area contributed by atoms with Gasteiger partial charge >= 0.3 is 5.97 Å². The second kappa shape index (κ2) is 9.29. The van der Waals surface area contributed by atoms with Crippen LogP contribution in [0.2, 0.25) is 0 Å². The molecular formula is C26H20N4O3S. The molecule has 168 valence electrons. The topological polar surface area (TPSA) is 97.0 Å². The first-order valence-corrected chi connectivity index (χ1v) is 11.6. The molecular weight excluding hydrogens is 448 g/mol. The Morgan fingerprint density at radius 1 is 0.971 bits per heavy atom. The van der Waals surface area contributed by atoms with Crippen molar-refractivity contribution in [1.82, 2.24) is 15.2 Å². The average molecular weight is 469 g/mol. The molecule has 5 aromatic rings. The van der Waals surface area contributed by atoms with E-state index < -0.39 is 5.97 Å². The van der Waals surface area contributed by atoms with Crippen LogP contribution >= 0.6 is 11.3 Å². The van der Waals surface area contributed by atoms with Gasteiger partial charge in [-0.1, -0.05) is 48.5 Å². The van der Waals surface area contributed by atoms with Gasteiger partial charge in [0.2, 0.25) is 0 Å². The summed E-state index contributed by atoms with van der Waals surface area (Å²) in [6, 6.07) is 23.0. The first-order valence-electron chi connectivity index (χ1n) is 10.7. The molecule has 1 amide bonds. The Kier molecular flexibility index (Phi) is 5.88. The predicted octanol–water partition coefficient (Wildman–Crippen LogP) is 5.78. The summed E-state index contributed by atoms with van der Waals surface area (Å²) in [7, 11) is 0. The molecule has 0 spiro atoms. The standard InChI is InChI=1S/C26H20N4O3S/c1-2-33-26(32)23-20-13-10-18(14-21(20)29-30-23)16-8-11-19(12-9-16)27-24(31)22-15-34-25(28-22)17-6-4-3-5-7-17/h3-15H,2H2,1H3,(H,27,31)(H,29,30). The van der Waals surface area contributed by atoms with Crippen LogP contribution < -0.4 is 5.32 Å². The number of anilines is 1. The van der Waals surface area contributed by atoms with Crippen molar-refractivity contribution in [2.45, 2.75) is 6.92 Å². The Hall–Kier alpha value is -4.30. The van der Waals surface area contributed by atoms with Crippen LogP contribution in [-0.4, -0.2) is 33.7 Å². The molecule has 0 saturated heterocycles. The Balaban J connectivity index is 1.30. The highest BCUT2D eigenvalue weighted by atomic mass is 32.1. The van der Waals surface area contributed by atoms with Crippen molar-refractivity contribution < 1.29 is 14.3 Å². The van der Waals surface area contributed by atoms with Crippen LogP contribution in [0.3, 0.4) is 0 Å². The van der Waals surface area contributed by atoms with Gasteiger partial charge in [-0.05, 0) is 42.3 Å². The molecule has 2 heterocycles. The minimum atomic E-state index is -0.447. The van der Waals surface area contributed by atoms with Crippen LogP contribution in [0.4, 0.5) is 5.69 Å². The minimum absolute atomic E-state index is 0.253. The largest absolute Gasteiger partial charge is 0.461 e. The third kappa shape index (κ3) is 4.31. The van der Waals surface area contributed by atoms with Crippen LogP contribution in [0.25, 0.3) is 32.6 Å². The number of benzene rings is 3. The summed E-state index contributed by atoms with van der Waals surface area (Å²) in [5.74, 6) is -0.700. The van der Waals surface area contributed by atoms with E-state index in [1.807, 2.05) is 72.8 Å². The molecule has 2 N–H and O–H groups in total. The molecule has 0 aliphatic carbocycles. The lowest BCUT2D eigenvalue weighted by Crippen LogP contribution is -2.12. The number of ether oxygens (including phenoxy) is 1. The lowest BCUT2D eigenvalue weighted by Gasteiger charge is -2.06. The summed E-state index contributed by atoms with van der Waals surface area (Å²) in [5, 5.41) is 13.2. The van der Waals surface area contributed by atoms with Crippen molar-refractivity contribution in [3.63, 3.8) is 0 Å². The van der Waals surface area contributed by atoms with Gasteiger partial charge < -0.3 is 10.1 Å². The lowest BCUT2D eigenvalue weighted by atomic mass is 10.0. The number of esters is 1. The summed E-state index contributed by atoms with van der Waals surface area (Å²) in [5.41, 5.74) is 4.99. The van der Waals surface area contributed by atoms with Crippen molar-refractivity contribution in [1.29, 1.82) is 0 Å². The van der Waals surface area contributed by atoms with E-state index in [1.54, 1.807) is 12.3 Å². The van der Waals surface area contributed by atoms with E-state index in [1.165, 1.54) is 11.3 Å². The van der Waals surface area contributed by atoms with Crippen molar-refractivity contribution in [2.24, 2.45) is 0 Å². The summed E-state index contributed by atoms with van der Waals surface area (Å²) < 4.78 is 5.05. The third-order valence-electron chi connectivity index (χ3n) is 5.27. The number of nitrogens with zero attached hydrogens (tertiary/aromatic N) is 2. The van der Waals surface area contributed by atoms with Gasteiger partial charge in [0.05, 0.1) is 12.1 Å². The van der Waals surface area contributed by atoms with Crippen molar-refractivity contribution >= 4 is 39.8 Å². The number of aromatic nitrogens is 3. The highest BCUT2D eigenvalue weighted by Gasteiger charge is 2.16. The van der Waals surface area contributed by atoms with Gasteiger partial charge in [0, 0.05) is 22.0 Å². The fraction of sp³-hybridized carbons (Fsp3) is 0.0769. The zero-order valence-electron chi connectivity index (χ0n) is 18.2. The maximum absolute atomic E-state index is 12.6. The number of carbonyl (C=O) groups is 2. The fourth-order valence-electron chi connectivity index (χ4n) is 3.59. The lowest BCUT2D eigenvalue weighted by molar-refractivity contribution is 0.0521. The van der Waals surface area contributed by atoms with E-state index in [4.69, 9.17) is 4.74 Å². The van der Waals surface area contributed by atoms with Crippen LogP contribution in [-0.2, 0) is 4.74 Å². The molecule has 0 saturated carbocycles. The van der Waals surface area contributed by atoms with Crippen molar-refractivity contribution in [3.05, 3.63) is 89.6 Å². The summed E-state index contributed by atoms with van der Waals surface area (Å²) in [6.45, 7) is 2.06.